The Morgan fingerprint density at radius 3 is 2.62 bits per heavy atom. The monoisotopic (exact) mass is 353 g/mol. The van der Waals surface area contributed by atoms with Crippen molar-refractivity contribution in [3.8, 4) is 17.1 Å². The second kappa shape index (κ2) is 7.73. The Morgan fingerprint density at radius 2 is 1.96 bits per heavy atom. The first-order valence-corrected chi connectivity index (χ1v) is 8.17. The summed E-state index contributed by atoms with van der Waals surface area (Å²) in [6, 6.07) is 6.91. The Morgan fingerprint density at radius 1 is 1.19 bits per heavy atom. The molecule has 0 aliphatic carbocycles. The van der Waals surface area contributed by atoms with Gasteiger partial charge in [-0.1, -0.05) is 5.16 Å². The van der Waals surface area contributed by atoms with Gasteiger partial charge in [-0.2, -0.15) is 0 Å². The number of pyridine rings is 1. The third-order valence-electron chi connectivity index (χ3n) is 3.60. The van der Waals surface area contributed by atoms with Gasteiger partial charge in [0.25, 0.3) is 5.91 Å². The molecule has 3 heterocycles. The third-order valence-corrected chi connectivity index (χ3v) is 3.60. The van der Waals surface area contributed by atoms with Crippen LogP contribution in [0.15, 0.2) is 41.2 Å². The number of nitrogens with zero attached hydrogens (tertiary/aromatic N) is 4. The largest absolute Gasteiger partial charge is 0.472 e. The lowest BCUT2D eigenvalue weighted by atomic mass is 10.1. The number of amides is 1. The average Bonchev–Trinajstić information content (AvgIpc) is 3.01. The number of hydrogen-bond acceptors (Lipinski definition) is 7. The predicted molar refractivity (Wildman–Crippen MR) is 93.4 cm³/mol. The van der Waals surface area contributed by atoms with E-state index in [-0.39, 0.29) is 24.2 Å². The van der Waals surface area contributed by atoms with Crippen molar-refractivity contribution < 1.29 is 14.1 Å². The van der Waals surface area contributed by atoms with Gasteiger partial charge in [0.2, 0.25) is 5.88 Å². The predicted octanol–water partition coefficient (Wildman–Crippen LogP) is 2.55. The van der Waals surface area contributed by atoms with Crippen molar-refractivity contribution in [1.29, 1.82) is 0 Å². The molecule has 0 saturated carbocycles. The lowest BCUT2D eigenvalue weighted by molar-refractivity contribution is 0.0936. The van der Waals surface area contributed by atoms with Crippen LogP contribution in [0.5, 0.6) is 5.88 Å². The highest BCUT2D eigenvalue weighted by Crippen LogP contribution is 2.25. The summed E-state index contributed by atoms with van der Waals surface area (Å²) >= 11 is 0. The second-order valence-corrected chi connectivity index (χ2v) is 5.98. The maximum Gasteiger partial charge on any atom is 0.272 e. The molecule has 0 fully saturated rings. The molecule has 1 N–H and O–H groups in total. The molecule has 0 spiro atoms. The molecule has 3 aromatic heterocycles. The van der Waals surface area contributed by atoms with Crippen LogP contribution in [0.25, 0.3) is 11.3 Å². The van der Waals surface area contributed by atoms with Crippen LogP contribution in [0, 0.1) is 6.92 Å². The van der Waals surface area contributed by atoms with Crippen molar-refractivity contribution in [2.45, 2.75) is 33.4 Å². The summed E-state index contributed by atoms with van der Waals surface area (Å²) in [6.45, 7) is 5.80. The number of aromatic nitrogens is 4. The van der Waals surface area contributed by atoms with Gasteiger partial charge in [0.15, 0.2) is 5.69 Å². The van der Waals surface area contributed by atoms with Crippen molar-refractivity contribution in [2.24, 2.45) is 0 Å². The van der Waals surface area contributed by atoms with Crippen LogP contribution in [0.2, 0.25) is 0 Å². The van der Waals surface area contributed by atoms with E-state index >= 15 is 0 Å². The number of rotatable bonds is 6. The van der Waals surface area contributed by atoms with E-state index in [1.165, 1.54) is 0 Å². The number of ether oxygens (including phenoxy) is 1. The molecular weight excluding hydrogens is 334 g/mol. The first-order valence-electron chi connectivity index (χ1n) is 8.17. The highest BCUT2D eigenvalue weighted by molar-refractivity contribution is 5.92. The van der Waals surface area contributed by atoms with Crippen LogP contribution in [0.4, 0.5) is 0 Å². The topological polar surface area (TPSA) is 103 Å². The van der Waals surface area contributed by atoms with Crippen LogP contribution < -0.4 is 10.1 Å². The SMILES string of the molecule is Cc1onc(-c2ccncc2)c1COc1ccc(C(=O)NC(C)C)nn1. The molecule has 1 amide bonds. The van der Waals surface area contributed by atoms with Crippen LogP contribution in [-0.2, 0) is 6.61 Å². The van der Waals surface area contributed by atoms with Crippen LogP contribution in [0.3, 0.4) is 0 Å². The molecule has 0 aliphatic heterocycles. The lowest BCUT2D eigenvalue weighted by Gasteiger charge is -2.08. The number of nitrogens with one attached hydrogen (secondary N) is 1. The van der Waals surface area contributed by atoms with Gasteiger partial charge in [-0.15, -0.1) is 10.2 Å². The summed E-state index contributed by atoms with van der Waals surface area (Å²) in [5.74, 6) is 0.707. The Labute approximate surface area is 150 Å². The highest BCUT2D eigenvalue weighted by atomic mass is 16.5. The van der Waals surface area contributed by atoms with Crippen molar-refractivity contribution >= 4 is 5.91 Å². The van der Waals surface area contributed by atoms with E-state index in [1.54, 1.807) is 24.5 Å². The fourth-order valence-corrected chi connectivity index (χ4v) is 2.30. The van der Waals surface area contributed by atoms with Crippen LogP contribution in [-0.4, -0.2) is 32.3 Å². The Bertz CT molecular complexity index is 876. The normalized spacial score (nSPS) is 10.8. The minimum Gasteiger partial charge on any atom is -0.472 e. The number of aryl methyl sites for hydroxylation is 1. The smallest absolute Gasteiger partial charge is 0.272 e. The molecule has 0 aliphatic rings. The summed E-state index contributed by atoms with van der Waals surface area (Å²) in [5, 5.41) is 14.7. The first kappa shape index (κ1) is 17.5. The molecule has 0 bridgehead atoms. The zero-order valence-electron chi connectivity index (χ0n) is 14.8. The minimum absolute atomic E-state index is 0.0309. The van der Waals surface area contributed by atoms with Crippen molar-refractivity contribution in [1.82, 2.24) is 25.7 Å². The number of carbonyl (C=O) groups excluding carboxylic acids is 1. The number of hydrogen-bond donors (Lipinski definition) is 1. The summed E-state index contributed by atoms with van der Waals surface area (Å²) in [5.41, 5.74) is 2.65. The molecule has 134 valence electrons. The standard InChI is InChI=1S/C18H19N5O3/c1-11(2)20-18(24)15-4-5-16(22-21-15)25-10-14-12(3)26-23-17(14)13-6-8-19-9-7-13/h4-9,11H,10H2,1-3H3,(H,20,24). The van der Waals surface area contributed by atoms with Crippen molar-refractivity contribution in [2.75, 3.05) is 0 Å². The van der Waals surface area contributed by atoms with E-state index in [9.17, 15) is 4.79 Å². The molecule has 26 heavy (non-hydrogen) atoms. The van der Waals surface area contributed by atoms with E-state index in [4.69, 9.17) is 9.26 Å². The maximum absolute atomic E-state index is 11.9. The van der Waals surface area contributed by atoms with Gasteiger partial charge in [-0.05, 0) is 39.0 Å². The molecule has 0 aromatic carbocycles. The van der Waals surface area contributed by atoms with Gasteiger partial charge < -0.3 is 14.6 Å². The lowest BCUT2D eigenvalue weighted by Crippen LogP contribution is -2.30. The summed E-state index contributed by atoms with van der Waals surface area (Å²) in [4.78, 5) is 15.9. The van der Waals surface area contributed by atoms with Gasteiger partial charge in [0, 0.05) is 30.1 Å². The summed E-state index contributed by atoms with van der Waals surface area (Å²) < 4.78 is 11.0. The van der Waals surface area contributed by atoms with E-state index in [1.807, 2.05) is 32.9 Å². The quantitative estimate of drug-likeness (QED) is 0.726. The molecule has 3 rings (SSSR count). The average molecular weight is 353 g/mol. The van der Waals surface area contributed by atoms with E-state index in [0.717, 1.165) is 11.1 Å². The molecule has 0 unspecified atom stereocenters. The van der Waals surface area contributed by atoms with E-state index in [2.05, 4.69) is 25.7 Å². The first-order chi connectivity index (χ1) is 12.5. The molecule has 0 atom stereocenters. The number of carbonyl (C=O) groups is 1. The molecule has 0 saturated heterocycles. The summed E-state index contributed by atoms with van der Waals surface area (Å²) in [6.07, 6.45) is 3.38. The van der Waals surface area contributed by atoms with Gasteiger partial charge in [0.1, 0.15) is 18.1 Å². The molecule has 8 nitrogen and oxygen atoms in total. The van der Waals surface area contributed by atoms with Gasteiger partial charge in [0.05, 0.1) is 5.56 Å². The Balaban J connectivity index is 1.70. The minimum atomic E-state index is -0.270. The molecule has 3 aromatic rings. The fraction of sp³-hybridized carbons (Fsp3) is 0.278. The zero-order valence-corrected chi connectivity index (χ0v) is 14.8. The molecular formula is C18H19N5O3. The van der Waals surface area contributed by atoms with Gasteiger partial charge in [-0.25, -0.2) is 0 Å². The second-order valence-electron chi connectivity index (χ2n) is 5.98. The third kappa shape index (κ3) is 4.02. The highest BCUT2D eigenvalue weighted by Gasteiger charge is 2.16. The van der Waals surface area contributed by atoms with Crippen LogP contribution >= 0.6 is 0 Å². The molecule has 0 radical (unpaired) electrons. The van der Waals surface area contributed by atoms with Crippen LogP contribution in [0.1, 0.15) is 35.7 Å². The fourth-order valence-electron chi connectivity index (χ4n) is 2.30. The zero-order chi connectivity index (χ0) is 18.5. The van der Waals surface area contributed by atoms with Gasteiger partial charge in [-0.3, -0.25) is 9.78 Å². The van der Waals surface area contributed by atoms with E-state index < -0.39 is 0 Å². The summed E-state index contributed by atoms with van der Waals surface area (Å²) in [7, 11) is 0. The molecule has 8 heteroatoms. The van der Waals surface area contributed by atoms with Crippen molar-refractivity contribution in [3.05, 3.63) is 53.7 Å². The maximum atomic E-state index is 11.9. The Kier molecular flexibility index (Phi) is 5.21. The van der Waals surface area contributed by atoms with Crippen molar-refractivity contribution in [3.63, 3.8) is 0 Å². The Hall–Kier alpha value is -3.29. The van der Waals surface area contributed by atoms with E-state index in [0.29, 0.717) is 17.3 Å². The van der Waals surface area contributed by atoms with Gasteiger partial charge >= 0.3 is 0 Å².